The summed E-state index contributed by atoms with van der Waals surface area (Å²) in [6, 6.07) is 6.02. The van der Waals surface area contributed by atoms with Crippen molar-refractivity contribution in [1.82, 2.24) is 9.62 Å². The van der Waals surface area contributed by atoms with Crippen LogP contribution in [-0.2, 0) is 24.3 Å². The largest absolute Gasteiger partial charge is 0.464 e. The molecule has 1 aliphatic heterocycles. The first kappa shape index (κ1) is 19.7. The van der Waals surface area contributed by atoms with Crippen molar-refractivity contribution in [2.45, 2.75) is 24.7 Å². The van der Waals surface area contributed by atoms with Gasteiger partial charge < -0.3 is 10.1 Å². The summed E-state index contributed by atoms with van der Waals surface area (Å²) >= 11 is 5.79. The molecule has 1 saturated heterocycles. The summed E-state index contributed by atoms with van der Waals surface area (Å²) < 4.78 is 31.6. The van der Waals surface area contributed by atoms with Crippen molar-refractivity contribution >= 4 is 33.5 Å². The molecule has 0 radical (unpaired) electrons. The van der Waals surface area contributed by atoms with E-state index in [1.165, 1.54) is 35.5 Å². The standard InChI is InChI=1S/C16H21ClN2O5S/c1-12(20)18-8-11-24-16(21)13-6-9-19(10-7-13)25(22,23)15-4-2-14(17)3-5-15/h2-5,13H,6-11H2,1H3,(H,18,20). The molecule has 0 aromatic heterocycles. The molecule has 25 heavy (non-hydrogen) atoms. The lowest BCUT2D eigenvalue weighted by molar-refractivity contribution is -0.150. The topological polar surface area (TPSA) is 92.8 Å². The average Bonchev–Trinajstić information content (AvgIpc) is 2.59. The summed E-state index contributed by atoms with van der Waals surface area (Å²) in [4.78, 5) is 22.9. The lowest BCUT2D eigenvalue weighted by atomic mass is 9.98. The molecular formula is C16H21ClN2O5S. The fraction of sp³-hybridized carbons (Fsp3) is 0.500. The van der Waals surface area contributed by atoms with E-state index in [0.29, 0.717) is 17.9 Å². The molecule has 2 rings (SSSR count). The molecule has 0 atom stereocenters. The molecule has 0 spiro atoms. The first-order chi connectivity index (χ1) is 11.8. The number of hydrogen-bond acceptors (Lipinski definition) is 5. The van der Waals surface area contributed by atoms with Gasteiger partial charge in [0.2, 0.25) is 15.9 Å². The smallest absolute Gasteiger partial charge is 0.309 e. The summed E-state index contributed by atoms with van der Waals surface area (Å²) in [6.45, 7) is 2.29. The van der Waals surface area contributed by atoms with E-state index in [4.69, 9.17) is 16.3 Å². The molecule has 1 aromatic carbocycles. The molecular weight excluding hydrogens is 368 g/mol. The summed E-state index contributed by atoms with van der Waals surface area (Å²) in [6.07, 6.45) is 0.817. The zero-order valence-corrected chi connectivity index (χ0v) is 15.5. The van der Waals surface area contributed by atoms with Gasteiger partial charge in [0, 0.05) is 25.0 Å². The fourth-order valence-electron chi connectivity index (χ4n) is 2.58. The molecule has 1 fully saturated rings. The van der Waals surface area contributed by atoms with Gasteiger partial charge in [-0.15, -0.1) is 0 Å². The average molecular weight is 389 g/mol. The van der Waals surface area contributed by atoms with Crippen LogP contribution in [-0.4, -0.2) is 50.8 Å². The number of amides is 1. The molecule has 7 nitrogen and oxygen atoms in total. The number of carbonyl (C=O) groups is 2. The number of rotatable bonds is 6. The zero-order valence-electron chi connectivity index (χ0n) is 13.9. The van der Waals surface area contributed by atoms with Crippen molar-refractivity contribution in [2.75, 3.05) is 26.2 Å². The molecule has 1 aliphatic rings. The van der Waals surface area contributed by atoms with Crippen LogP contribution in [0.15, 0.2) is 29.2 Å². The molecule has 1 heterocycles. The third-order valence-corrected chi connectivity index (χ3v) is 6.12. The van der Waals surface area contributed by atoms with Crippen LogP contribution in [0.25, 0.3) is 0 Å². The van der Waals surface area contributed by atoms with Gasteiger partial charge in [0.25, 0.3) is 0 Å². The second kappa shape index (κ2) is 8.64. The Morgan fingerprint density at radius 3 is 2.40 bits per heavy atom. The van der Waals surface area contributed by atoms with E-state index in [1.807, 2.05) is 0 Å². The van der Waals surface area contributed by atoms with Gasteiger partial charge in [-0.25, -0.2) is 8.42 Å². The second-order valence-corrected chi connectivity index (χ2v) is 8.16. The quantitative estimate of drug-likeness (QED) is 0.587. The Balaban J connectivity index is 1.85. The molecule has 1 N–H and O–H groups in total. The number of nitrogens with zero attached hydrogens (tertiary/aromatic N) is 1. The van der Waals surface area contributed by atoms with Gasteiger partial charge in [0.15, 0.2) is 0 Å². The van der Waals surface area contributed by atoms with Crippen molar-refractivity contribution in [3.05, 3.63) is 29.3 Å². The fourth-order valence-corrected chi connectivity index (χ4v) is 4.18. The number of halogens is 1. The van der Waals surface area contributed by atoms with E-state index < -0.39 is 10.0 Å². The van der Waals surface area contributed by atoms with Crippen LogP contribution in [0, 0.1) is 5.92 Å². The number of esters is 1. The summed E-state index contributed by atoms with van der Waals surface area (Å²) in [5.74, 6) is -0.861. The number of nitrogens with one attached hydrogen (secondary N) is 1. The van der Waals surface area contributed by atoms with Crippen molar-refractivity contribution in [3.8, 4) is 0 Å². The number of benzene rings is 1. The monoisotopic (exact) mass is 388 g/mol. The molecule has 1 amide bonds. The van der Waals surface area contributed by atoms with Gasteiger partial charge in [-0.1, -0.05) is 11.6 Å². The highest BCUT2D eigenvalue weighted by atomic mass is 35.5. The highest BCUT2D eigenvalue weighted by Crippen LogP contribution is 2.25. The molecule has 0 unspecified atom stereocenters. The lowest BCUT2D eigenvalue weighted by Crippen LogP contribution is -2.40. The third-order valence-electron chi connectivity index (χ3n) is 3.96. The van der Waals surface area contributed by atoms with Crippen molar-refractivity contribution < 1.29 is 22.7 Å². The number of carbonyl (C=O) groups excluding carboxylic acids is 2. The second-order valence-electron chi connectivity index (χ2n) is 5.78. The van der Waals surface area contributed by atoms with E-state index in [2.05, 4.69) is 5.32 Å². The first-order valence-corrected chi connectivity index (χ1v) is 9.79. The van der Waals surface area contributed by atoms with Crippen LogP contribution >= 0.6 is 11.6 Å². The van der Waals surface area contributed by atoms with Gasteiger partial charge in [0.1, 0.15) is 6.61 Å². The van der Waals surface area contributed by atoms with Crippen LogP contribution in [0.3, 0.4) is 0 Å². The Labute approximate surface area is 152 Å². The minimum Gasteiger partial charge on any atom is -0.464 e. The Morgan fingerprint density at radius 1 is 1.24 bits per heavy atom. The minimum atomic E-state index is -3.58. The highest BCUT2D eigenvalue weighted by Gasteiger charge is 2.32. The van der Waals surface area contributed by atoms with Gasteiger partial charge in [-0.2, -0.15) is 4.31 Å². The Bertz CT molecular complexity index is 713. The third kappa shape index (κ3) is 5.42. The van der Waals surface area contributed by atoms with Gasteiger partial charge in [-0.05, 0) is 37.1 Å². The highest BCUT2D eigenvalue weighted by molar-refractivity contribution is 7.89. The Hall–Kier alpha value is -1.64. The van der Waals surface area contributed by atoms with Crippen molar-refractivity contribution in [3.63, 3.8) is 0 Å². The van der Waals surface area contributed by atoms with Gasteiger partial charge >= 0.3 is 5.97 Å². The Morgan fingerprint density at radius 2 is 1.84 bits per heavy atom. The first-order valence-electron chi connectivity index (χ1n) is 7.97. The van der Waals surface area contributed by atoms with E-state index >= 15 is 0 Å². The van der Waals surface area contributed by atoms with E-state index in [1.54, 1.807) is 0 Å². The van der Waals surface area contributed by atoms with Crippen LogP contribution in [0.2, 0.25) is 5.02 Å². The molecule has 0 bridgehead atoms. The van der Waals surface area contributed by atoms with Gasteiger partial charge in [-0.3, -0.25) is 9.59 Å². The molecule has 0 saturated carbocycles. The summed E-state index contributed by atoms with van der Waals surface area (Å²) in [5.41, 5.74) is 0. The number of hydrogen-bond donors (Lipinski definition) is 1. The Kier molecular flexibility index (Phi) is 6.80. The SMILES string of the molecule is CC(=O)NCCOC(=O)C1CCN(S(=O)(=O)c2ccc(Cl)cc2)CC1. The van der Waals surface area contributed by atoms with Crippen LogP contribution in [0.4, 0.5) is 0 Å². The van der Waals surface area contributed by atoms with Crippen LogP contribution in [0.5, 0.6) is 0 Å². The van der Waals surface area contributed by atoms with Gasteiger partial charge in [0.05, 0.1) is 17.4 Å². The van der Waals surface area contributed by atoms with Crippen LogP contribution < -0.4 is 5.32 Å². The molecule has 138 valence electrons. The summed E-state index contributed by atoms with van der Waals surface area (Å²) in [5, 5.41) is 3.01. The molecule has 0 aliphatic carbocycles. The minimum absolute atomic E-state index is 0.113. The maximum absolute atomic E-state index is 12.6. The maximum Gasteiger partial charge on any atom is 0.309 e. The zero-order chi connectivity index (χ0) is 18.4. The number of sulfonamides is 1. The van der Waals surface area contributed by atoms with Crippen LogP contribution in [0.1, 0.15) is 19.8 Å². The number of piperidine rings is 1. The van der Waals surface area contributed by atoms with E-state index in [9.17, 15) is 18.0 Å². The number of ether oxygens (including phenoxy) is 1. The predicted octanol–water partition coefficient (Wildman–Crippen LogP) is 1.42. The summed E-state index contributed by atoms with van der Waals surface area (Å²) in [7, 11) is -3.58. The lowest BCUT2D eigenvalue weighted by Gasteiger charge is -2.30. The van der Waals surface area contributed by atoms with Crippen molar-refractivity contribution in [1.29, 1.82) is 0 Å². The maximum atomic E-state index is 12.6. The normalized spacial score (nSPS) is 16.4. The predicted molar refractivity (Wildman–Crippen MR) is 92.6 cm³/mol. The molecule has 9 heteroatoms. The van der Waals surface area contributed by atoms with E-state index in [0.717, 1.165) is 0 Å². The van der Waals surface area contributed by atoms with Crippen molar-refractivity contribution in [2.24, 2.45) is 5.92 Å². The molecule has 1 aromatic rings. The van der Waals surface area contributed by atoms with E-state index in [-0.39, 0.29) is 48.9 Å².